The summed E-state index contributed by atoms with van der Waals surface area (Å²) in [4.78, 5) is 24.2. The van der Waals surface area contributed by atoms with E-state index in [1.165, 1.54) is 18.2 Å². The fourth-order valence-corrected chi connectivity index (χ4v) is 4.93. The van der Waals surface area contributed by atoms with E-state index in [4.69, 9.17) is 4.74 Å². The van der Waals surface area contributed by atoms with Gasteiger partial charge < -0.3 is 9.64 Å². The molecular formula is C19H22F3N3O5S. The zero-order chi connectivity index (χ0) is 22.8. The molecule has 3 rings (SSSR count). The summed E-state index contributed by atoms with van der Waals surface area (Å²) in [5.41, 5.74) is -0.655. The van der Waals surface area contributed by atoms with Crippen LogP contribution in [0.25, 0.3) is 0 Å². The number of ether oxygens (including phenoxy) is 1. The number of amides is 3. The first-order valence-electron chi connectivity index (χ1n) is 9.59. The number of halogens is 3. The topological polar surface area (TPSA) is 105 Å². The van der Waals surface area contributed by atoms with Gasteiger partial charge in [0.05, 0.1) is 17.0 Å². The van der Waals surface area contributed by atoms with E-state index in [2.05, 4.69) is 10.0 Å². The van der Waals surface area contributed by atoms with Crippen LogP contribution in [-0.2, 0) is 20.4 Å². The van der Waals surface area contributed by atoms with Gasteiger partial charge in [0.2, 0.25) is 15.9 Å². The number of rotatable bonds is 10. The van der Waals surface area contributed by atoms with E-state index < -0.39 is 46.4 Å². The average molecular weight is 461 g/mol. The fourth-order valence-electron chi connectivity index (χ4n) is 3.25. The molecule has 1 aliphatic heterocycles. The number of allylic oxidation sites excluding steroid dienone is 1. The molecule has 1 heterocycles. The van der Waals surface area contributed by atoms with Crippen molar-refractivity contribution >= 4 is 22.0 Å². The Labute approximate surface area is 177 Å². The number of nitrogens with one attached hydrogen (secondary N) is 2. The van der Waals surface area contributed by atoms with Crippen molar-refractivity contribution in [1.82, 2.24) is 14.9 Å². The number of hydrogen-bond donors (Lipinski definition) is 2. The van der Waals surface area contributed by atoms with Crippen LogP contribution < -0.4 is 14.8 Å². The molecule has 0 unspecified atom stereocenters. The second kappa shape index (κ2) is 8.87. The van der Waals surface area contributed by atoms with Gasteiger partial charge in [0.1, 0.15) is 13.2 Å². The van der Waals surface area contributed by atoms with Crippen molar-refractivity contribution in [3.8, 4) is 5.75 Å². The van der Waals surface area contributed by atoms with E-state index in [0.29, 0.717) is 24.8 Å². The first-order chi connectivity index (χ1) is 14.6. The molecule has 1 aliphatic carbocycles. The van der Waals surface area contributed by atoms with E-state index in [9.17, 15) is 31.2 Å². The summed E-state index contributed by atoms with van der Waals surface area (Å²) in [5.74, 6) is -1.74. The first-order valence-corrected chi connectivity index (χ1v) is 11.1. The minimum absolute atomic E-state index is 0.0811. The Bertz CT molecular complexity index is 1010. The van der Waals surface area contributed by atoms with Gasteiger partial charge >= 0.3 is 6.03 Å². The van der Waals surface area contributed by atoms with Crippen molar-refractivity contribution in [3.63, 3.8) is 0 Å². The van der Waals surface area contributed by atoms with Gasteiger partial charge in [-0.3, -0.25) is 10.1 Å². The molecule has 0 aromatic heterocycles. The summed E-state index contributed by atoms with van der Waals surface area (Å²) in [6.45, 7) is 0.204. The lowest BCUT2D eigenvalue weighted by Crippen LogP contribution is -2.39. The van der Waals surface area contributed by atoms with Crippen LogP contribution >= 0.6 is 0 Å². The molecule has 0 radical (unpaired) electrons. The van der Waals surface area contributed by atoms with Crippen molar-refractivity contribution in [2.75, 3.05) is 19.7 Å². The molecule has 1 aromatic rings. The molecule has 2 aliphatic rings. The van der Waals surface area contributed by atoms with Crippen LogP contribution in [-0.4, -0.2) is 51.4 Å². The third-order valence-corrected chi connectivity index (χ3v) is 6.57. The predicted molar refractivity (Wildman–Crippen MR) is 104 cm³/mol. The van der Waals surface area contributed by atoms with Gasteiger partial charge in [0.15, 0.2) is 11.6 Å². The molecule has 1 saturated carbocycles. The van der Waals surface area contributed by atoms with Crippen LogP contribution in [0.2, 0.25) is 0 Å². The van der Waals surface area contributed by atoms with Crippen molar-refractivity contribution < 1.29 is 35.9 Å². The van der Waals surface area contributed by atoms with Crippen molar-refractivity contribution in [3.05, 3.63) is 40.6 Å². The van der Waals surface area contributed by atoms with E-state index in [-0.39, 0.29) is 23.7 Å². The molecule has 12 heteroatoms. The van der Waals surface area contributed by atoms with Crippen LogP contribution in [0.3, 0.4) is 0 Å². The van der Waals surface area contributed by atoms with Crippen LogP contribution in [0.1, 0.15) is 31.7 Å². The monoisotopic (exact) mass is 461 g/mol. The molecule has 1 aromatic carbocycles. The highest BCUT2D eigenvalue weighted by Crippen LogP contribution is 2.47. The third-order valence-electron chi connectivity index (χ3n) is 4.92. The number of benzene rings is 1. The lowest BCUT2D eigenvalue weighted by molar-refractivity contribution is -0.118. The third kappa shape index (κ3) is 5.37. The number of carbonyl (C=O) groups is 2. The molecule has 170 valence electrons. The number of hydrogen-bond acceptors (Lipinski definition) is 5. The lowest BCUT2D eigenvalue weighted by atomic mass is 10.1. The zero-order valence-corrected chi connectivity index (χ0v) is 17.5. The number of sulfonamides is 1. The second-order valence-electron chi connectivity index (χ2n) is 7.32. The summed E-state index contributed by atoms with van der Waals surface area (Å²) in [5, 5.41) is 2.09. The van der Waals surface area contributed by atoms with Crippen molar-refractivity contribution in [1.29, 1.82) is 0 Å². The smallest absolute Gasteiger partial charge is 0.324 e. The standard InChI is InChI=1S/C19H22F3N3O5S/c1-2-3-13(9-25-10-17(26)23-18(25)27)31(28,29)24-19(6-7-19)12-4-5-14(20)15(8-12)30-11-16(21)22/h3-5,8,16,24H,2,6-7,9-11H2,1H3,(H,23,26,27)/b13-3+. The SMILES string of the molecule is CC/C=C(\CN1CC(=O)NC1=O)S(=O)(=O)NC1(c2ccc(F)c(OCC(F)F)c2)CC1. The Morgan fingerprint density at radius 2 is 2.06 bits per heavy atom. The summed E-state index contributed by atoms with van der Waals surface area (Å²) >= 11 is 0. The highest BCUT2D eigenvalue weighted by molar-refractivity contribution is 7.93. The molecule has 0 atom stereocenters. The predicted octanol–water partition coefficient (Wildman–Crippen LogP) is 2.22. The quantitative estimate of drug-likeness (QED) is 0.520. The van der Waals surface area contributed by atoms with E-state index in [1.807, 2.05) is 0 Å². The van der Waals surface area contributed by atoms with Gasteiger partial charge in [-0.05, 0) is 37.0 Å². The fraction of sp³-hybridized carbons (Fsp3) is 0.474. The Kier molecular flexibility index (Phi) is 6.60. The molecule has 8 nitrogen and oxygen atoms in total. The van der Waals surface area contributed by atoms with Crippen LogP contribution in [0.4, 0.5) is 18.0 Å². The maximum absolute atomic E-state index is 13.9. The van der Waals surface area contributed by atoms with Gasteiger partial charge in [-0.25, -0.2) is 31.1 Å². The number of urea groups is 1. The Morgan fingerprint density at radius 3 is 2.61 bits per heavy atom. The second-order valence-corrected chi connectivity index (χ2v) is 9.06. The molecule has 31 heavy (non-hydrogen) atoms. The van der Waals surface area contributed by atoms with Crippen molar-refractivity contribution in [2.45, 2.75) is 38.2 Å². The summed E-state index contributed by atoms with van der Waals surface area (Å²) < 4.78 is 72.2. The lowest BCUT2D eigenvalue weighted by Gasteiger charge is -2.22. The Hall–Kier alpha value is -2.60. The number of imide groups is 1. The summed E-state index contributed by atoms with van der Waals surface area (Å²) in [7, 11) is -4.08. The Morgan fingerprint density at radius 1 is 1.35 bits per heavy atom. The minimum atomic E-state index is -4.08. The van der Waals surface area contributed by atoms with Crippen LogP contribution in [0.15, 0.2) is 29.2 Å². The van der Waals surface area contributed by atoms with Gasteiger partial charge in [-0.15, -0.1) is 0 Å². The zero-order valence-electron chi connectivity index (χ0n) is 16.7. The molecule has 0 bridgehead atoms. The Balaban J connectivity index is 1.81. The van der Waals surface area contributed by atoms with Gasteiger partial charge in [-0.1, -0.05) is 19.1 Å². The molecule has 0 spiro atoms. The van der Waals surface area contributed by atoms with Gasteiger partial charge in [0, 0.05) is 0 Å². The molecule has 2 N–H and O–H groups in total. The first kappa shape index (κ1) is 23.1. The van der Waals surface area contributed by atoms with Gasteiger partial charge in [0.25, 0.3) is 6.43 Å². The maximum Gasteiger partial charge on any atom is 0.324 e. The highest BCUT2D eigenvalue weighted by atomic mass is 32.2. The average Bonchev–Trinajstić information content (AvgIpc) is 3.38. The minimum Gasteiger partial charge on any atom is -0.485 e. The van der Waals surface area contributed by atoms with Crippen LogP contribution in [0, 0.1) is 5.82 Å². The van der Waals surface area contributed by atoms with Gasteiger partial charge in [-0.2, -0.15) is 0 Å². The van der Waals surface area contributed by atoms with E-state index >= 15 is 0 Å². The summed E-state index contributed by atoms with van der Waals surface area (Å²) in [6.07, 6.45) is -0.152. The summed E-state index contributed by atoms with van der Waals surface area (Å²) in [6, 6.07) is 2.94. The largest absolute Gasteiger partial charge is 0.485 e. The molecule has 3 amide bonds. The number of carbonyl (C=O) groups excluding carboxylic acids is 2. The number of alkyl halides is 2. The maximum atomic E-state index is 13.9. The van der Waals surface area contributed by atoms with Crippen LogP contribution in [0.5, 0.6) is 5.75 Å². The molecular weight excluding hydrogens is 439 g/mol. The van der Waals surface area contributed by atoms with E-state index in [0.717, 1.165) is 11.0 Å². The van der Waals surface area contributed by atoms with Crippen molar-refractivity contribution in [2.24, 2.45) is 0 Å². The number of nitrogens with zero attached hydrogens (tertiary/aromatic N) is 1. The molecule has 2 fully saturated rings. The highest BCUT2D eigenvalue weighted by Gasteiger charge is 2.48. The molecule has 1 saturated heterocycles. The normalized spacial score (nSPS) is 18.5. The van der Waals surface area contributed by atoms with E-state index in [1.54, 1.807) is 6.92 Å².